The molecule has 3 aromatic rings. The molecular weight excluding hydrogens is 296 g/mol. The quantitative estimate of drug-likeness (QED) is 0.749. The number of nitrogen functional groups attached to an aromatic ring is 1. The maximum absolute atomic E-state index is 12.8. The molecule has 5 nitrogen and oxygen atoms in total. The highest BCUT2D eigenvalue weighted by Crippen LogP contribution is 2.32. The molecule has 112 valence electrons. The molecule has 2 heterocycles. The Morgan fingerprint density at radius 2 is 2.18 bits per heavy atom. The Labute approximate surface area is 131 Å². The van der Waals surface area contributed by atoms with Crippen molar-refractivity contribution in [2.45, 2.75) is 32.2 Å². The molecule has 6 heteroatoms. The lowest BCUT2D eigenvalue weighted by atomic mass is 9.88. The van der Waals surface area contributed by atoms with Crippen molar-refractivity contribution in [2.75, 3.05) is 5.73 Å². The lowest BCUT2D eigenvalue weighted by Crippen LogP contribution is -2.31. The number of benzene rings is 1. The topological polar surface area (TPSA) is 73.8 Å². The van der Waals surface area contributed by atoms with E-state index in [1.54, 1.807) is 4.68 Å². The molecule has 2 aromatic heterocycles. The van der Waals surface area contributed by atoms with Crippen molar-refractivity contribution < 1.29 is 0 Å². The third-order valence-corrected chi connectivity index (χ3v) is 5.27. The Balaban J connectivity index is 1.96. The van der Waals surface area contributed by atoms with Gasteiger partial charge in [-0.25, -0.2) is 9.67 Å². The molecule has 2 N–H and O–H groups in total. The van der Waals surface area contributed by atoms with Crippen molar-refractivity contribution in [1.82, 2.24) is 14.8 Å². The highest BCUT2D eigenvalue weighted by Gasteiger charge is 2.25. The second-order valence-corrected chi connectivity index (χ2v) is 6.70. The molecule has 0 amide bonds. The minimum Gasteiger partial charge on any atom is -0.375 e. The lowest BCUT2D eigenvalue weighted by Gasteiger charge is -2.26. The predicted octanol–water partition coefficient (Wildman–Crippen LogP) is 2.67. The summed E-state index contributed by atoms with van der Waals surface area (Å²) in [5.74, 6) is 0. The molecule has 0 aliphatic heterocycles. The highest BCUT2D eigenvalue weighted by molar-refractivity contribution is 7.22. The molecule has 1 aliphatic carbocycles. The molecule has 0 saturated heterocycles. The highest BCUT2D eigenvalue weighted by atomic mass is 32.1. The van der Waals surface area contributed by atoms with Crippen LogP contribution in [0.15, 0.2) is 29.1 Å². The van der Waals surface area contributed by atoms with Crippen molar-refractivity contribution in [3.63, 3.8) is 0 Å². The average molecular weight is 312 g/mol. The van der Waals surface area contributed by atoms with Crippen LogP contribution < -0.4 is 11.3 Å². The number of anilines is 1. The van der Waals surface area contributed by atoms with E-state index in [1.807, 2.05) is 19.1 Å². The summed E-state index contributed by atoms with van der Waals surface area (Å²) >= 11 is 1.32. The third kappa shape index (κ3) is 1.94. The first-order valence-corrected chi connectivity index (χ1v) is 8.20. The number of nitrogens with zero attached hydrogens (tertiary/aromatic N) is 3. The monoisotopic (exact) mass is 312 g/mol. The van der Waals surface area contributed by atoms with E-state index in [4.69, 9.17) is 5.73 Å². The van der Waals surface area contributed by atoms with Crippen molar-refractivity contribution in [1.29, 1.82) is 0 Å². The second kappa shape index (κ2) is 4.91. The van der Waals surface area contributed by atoms with Gasteiger partial charge in [0, 0.05) is 0 Å². The first kappa shape index (κ1) is 13.5. The van der Waals surface area contributed by atoms with Crippen LogP contribution in [-0.4, -0.2) is 14.8 Å². The van der Waals surface area contributed by atoms with Crippen LogP contribution in [0.4, 0.5) is 5.13 Å². The fourth-order valence-corrected chi connectivity index (χ4v) is 4.05. The number of thiazole rings is 1. The zero-order valence-corrected chi connectivity index (χ0v) is 13.1. The molecule has 1 unspecified atom stereocenters. The summed E-state index contributed by atoms with van der Waals surface area (Å²) in [7, 11) is 0. The Bertz CT molecular complexity index is 928. The van der Waals surface area contributed by atoms with Crippen LogP contribution in [0.25, 0.3) is 10.2 Å². The Hall–Kier alpha value is -2.21. The summed E-state index contributed by atoms with van der Waals surface area (Å²) in [4.78, 5) is 17.0. The van der Waals surface area contributed by atoms with Gasteiger partial charge >= 0.3 is 0 Å². The number of rotatable bonds is 1. The van der Waals surface area contributed by atoms with Gasteiger partial charge in [0.25, 0.3) is 5.56 Å². The molecule has 0 spiro atoms. The van der Waals surface area contributed by atoms with Crippen molar-refractivity contribution in [3.05, 3.63) is 51.4 Å². The average Bonchev–Trinajstić information content (AvgIpc) is 2.93. The van der Waals surface area contributed by atoms with E-state index in [0.29, 0.717) is 10.6 Å². The summed E-state index contributed by atoms with van der Waals surface area (Å²) in [6.07, 6.45) is 3.05. The van der Waals surface area contributed by atoms with E-state index in [2.05, 4.69) is 22.2 Å². The Morgan fingerprint density at radius 3 is 3.05 bits per heavy atom. The predicted molar refractivity (Wildman–Crippen MR) is 88.3 cm³/mol. The number of aryl methyl sites for hydroxylation is 2. The summed E-state index contributed by atoms with van der Waals surface area (Å²) < 4.78 is 2.40. The normalized spacial score (nSPS) is 17.6. The van der Waals surface area contributed by atoms with Gasteiger partial charge in [0.1, 0.15) is 0 Å². The maximum atomic E-state index is 12.8. The van der Waals surface area contributed by atoms with Gasteiger partial charge in [-0.1, -0.05) is 35.6 Å². The number of fused-ring (bicyclic) bond motifs is 2. The Kier molecular flexibility index (Phi) is 3.00. The minimum absolute atomic E-state index is 0.0107. The molecule has 1 atom stereocenters. The number of nitrogens with two attached hydrogens (primary N) is 1. The number of hydrogen-bond donors (Lipinski definition) is 1. The molecule has 22 heavy (non-hydrogen) atoms. The first-order chi connectivity index (χ1) is 10.6. The van der Waals surface area contributed by atoms with Crippen LogP contribution in [0, 0.1) is 6.92 Å². The molecule has 0 bridgehead atoms. The van der Waals surface area contributed by atoms with E-state index in [9.17, 15) is 4.79 Å². The van der Waals surface area contributed by atoms with E-state index >= 15 is 0 Å². The fourth-order valence-electron chi connectivity index (χ4n) is 3.28. The largest absolute Gasteiger partial charge is 0.375 e. The van der Waals surface area contributed by atoms with Crippen LogP contribution in [0.2, 0.25) is 0 Å². The Morgan fingerprint density at radius 1 is 1.36 bits per heavy atom. The molecule has 1 aliphatic rings. The number of aromatic nitrogens is 3. The summed E-state index contributed by atoms with van der Waals surface area (Å²) in [6.45, 7) is 1.91. The van der Waals surface area contributed by atoms with E-state index in [1.165, 1.54) is 22.5 Å². The lowest BCUT2D eigenvalue weighted by molar-refractivity contribution is 0.432. The molecule has 0 radical (unpaired) electrons. The van der Waals surface area contributed by atoms with Gasteiger partial charge in [-0.2, -0.15) is 5.10 Å². The van der Waals surface area contributed by atoms with E-state index < -0.39 is 0 Å². The minimum atomic E-state index is -0.143. The van der Waals surface area contributed by atoms with Gasteiger partial charge in [0.05, 0.1) is 16.4 Å². The van der Waals surface area contributed by atoms with Crippen LogP contribution >= 0.6 is 11.3 Å². The zero-order valence-electron chi connectivity index (χ0n) is 12.2. The SMILES string of the molecule is Cc1nn(C2CCCc3ccccc32)c(=O)c2nc(N)sc12. The van der Waals surface area contributed by atoms with Crippen molar-refractivity contribution >= 4 is 26.7 Å². The molecule has 0 fully saturated rings. The van der Waals surface area contributed by atoms with E-state index in [0.717, 1.165) is 29.7 Å². The van der Waals surface area contributed by atoms with Gasteiger partial charge in [-0.15, -0.1) is 0 Å². The van der Waals surface area contributed by atoms with Crippen LogP contribution in [0.3, 0.4) is 0 Å². The van der Waals surface area contributed by atoms with Crippen LogP contribution in [0.1, 0.15) is 35.7 Å². The zero-order chi connectivity index (χ0) is 15.3. The van der Waals surface area contributed by atoms with Gasteiger partial charge in [0.15, 0.2) is 10.6 Å². The third-order valence-electron chi connectivity index (χ3n) is 4.27. The summed E-state index contributed by atoms with van der Waals surface area (Å²) in [5, 5.41) is 4.97. The van der Waals surface area contributed by atoms with Crippen molar-refractivity contribution in [3.8, 4) is 0 Å². The second-order valence-electron chi connectivity index (χ2n) is 5.67. The summed E-state index contributed by atoms with van der Waals surface area (Å²) in [6, 6.07) is 8.30. The van der Waals surface area contributed by atoms with Gasteiger partial charge in [-0.05, 0) is 37.3 Å². The molecule has 1 aromatic carbocycles. The smallest absolute Gasteiger partial charge is 0.294 e. The van der Waals surface area contributed by atoms with Crippen LogP contribution in [0.5, 0.6) is 0 Å². The number of hydrogen-bond acceptors (Lipinski definition) is 5. The molecule has 0 saturated carbocycles. The maximum Gasteiger partial charge on any atom is 0.294 e. The standard InChI is InChI=1S/C16H16N4OS/c1-9-14-13(18-16(17)22-14)15(21)20(19-9)12-8-4-6-10-5-2-3-7-11(10)12/h2-3,5,7,12H,4,6,8H2,1H3,(H2,17,18). The van der Waals surface area contributed by atoms with Gasteiger partial charge in [-0.3, -0.25) is 4.79 Å². The molecule has 4 rings (SSSR count). The van der Waals surface area contributed by atoms with Crippen molar-refractivity contribution in [2.24, 2.45) is 0 Å². The van der Waals surface area contributed by atoms with Gasteiger partial charge in [0.2, 0.25) is 0 Å². The molecular formula is C16H16N4OS. The van der Waals surface area contributed by atoms with Crippen LogP contribution in [-0.2, 0) is 6.42 Å². The fraction of sp³-hybridized carbons (Fsp3) is 0.312. The van der Waals surface area contributed by atoms with E-state index in [-0.39, 0.29) is 11.6 Å². The first-order valence-electron chi connectivity index (χ1n) is 7.38. The van der Waals surface area contributed by atoms with Gasteiger partial charge < -0.3 is 5.73 Å². The summed E-state index contributed by atoms with van der Waals surface area (Å²) in [5.41, 5.74) is 9.38.